The van der Waals surface area contributed by atoms with E-state index < -0.39 is 4.92 Å². The van der Waals surface area contributed by atoms with Gasteiger partial charge in [-0.25, -0.2) is 10.4 Å². The van der Waals surface area contributed by atoms with Crippen molar-refractivity contribution in [1.82, 2.24) is 10.4 Å². The van der Waals surface area contributed by atoms with Crippen LogP contribution in [0.2, 0.25) is 5.02 Å². The number of thiazole rings is 1. The number of nitrogens with one attached hydrogen (secondary N) is 2. The van der Waals surface area contributed by atoms with Gasteiger partial charge >= 0.3 is 0 Å². The normalized spacial score (nSPS) is 10.9. The zero-order valence-corrected chi connectivity index (χ0v) is 25.2. The second kappa shape index (κ2) is 13.8. The molecule has 0 atom stereocenters. The van der Waals surface area contributed by atoms with Crippen molar-refractivity contribution in [2.45, 2.75) is 13.5 Å². The van der Waals surface area contributed by atoms with E-state index in [1.165, 1.54) is 42.4 Å². The van der Waals surface area contributed by atoms with Crippen LogP contribution in [0, 0.1) is 17.0 Å². The van der Waals surface area contributed by atoms with Crippen molar-refractivity contribution in [3.63, 3.8) is 0 Å². The summed E-state index contributed by atoms with van der Waals surface area (Å²) >= 11 is 7.95. The second-order valence-electron chi connectivity index (χ2n) is 9.55. The molecule has 1 aromatic heterocycles. The number of rotatable bonds is 11. The number of nitro groups is 1. The molecule has 44 heavy (non-hydrogen) atoms. The number of benzene rings is 4. The van der Waals surface area contributed by atoms with Crippen molar-refractivity contribution in [2.24, 2.45) is 5.10 Å². The van der Waals surface area contributed by atoms with Crippen LogP contribution in [0.4, 0.5) is 16.5 Å². The number of non-ortho nitro benzene ring substituents is 1. The second-order valence-corrected chi connectivity index (χ2v) is 10.8. The van der Waals surface area contributed by atoms with Crippen LogP contribution < -0.4 is 20.2 Å². The van der Waals surface area contributed by atoms with Gasteiger partial charge in [-0.3, -0.25) is 14.9 Å². The van der Waals surface area contributed by atoms with Crippen molar-refractivity contribution < 1.29 is 19.2 Å². The Kier molecular flexibility index (Phi) is 9.48. The number of aryl methyl sites for hydroxylation is 1. The van der Waals surface area contributed by atoms with Gasteiger partial charge in [-0.05, 0) is 66.6 Å². The summed E-state index contributed by atoms with van der Waals surface area (Å²) < 4.78 is 11.3. The van der Waals surface area contributed by atoms with E-state index in [0.717, 1.165) is 27.6 Å². The number of aromatic nitrogens is 1. The van der Waals surface area contributed by atoms with Crippen LogP contribution in [0.1, 0.15) is 27.0 Å². The van der Waals surface area contributed by atoms with Gasteiger partial charge in [0.1, 0.15) is 6.61 Å². The summed E-state index contributed by atoms with van der Waals surface area (Å²) in [6.45, 7) is 2.17. The Morgan fingerprint density at radius 1 is 1.07 bits per heavy atom. The molecule has 12 heteroatoms. The number of hydrogen-bond acceptors (Lipinski definition) is 9. The first-order chi connectivity index (χ1) is 21.3. The number of methoxy groups -OCH3 is 1. The first kappa shape index (κ1) is 30.2. The highest BCUT2D eigenvalue weighted by Crippen LogP contribution is 2.36. The van der Waals surface area contributed by atoms with Gasteiger partial charge in [-0.1, -0.05) is 41.4 Å². The van der Waals surface area contributed by atoms with Crippen LogP contribution in [-0.4, -0.2) is 29.1 Å². The summed E-state index contributed by atoms with van der Waals surface area (Å²) in [5.41, 5.74) is 8.09. The number of nitrogens with zero attached hydrogens (tertiary/aromatic N) is 3. The SMILES string of the molecule is COc1cc(/C=N\NC(=O)c2ccc(-c3csc(Nc4ccc(C)cc4)n3)cc2)cc(Cl)c1OCc1ccc([N+](=O)[O-])cc1. The van der Waals surface area contributed by atoms with E-state index in [1.807, 2.05) is 48.7 Å². The number of halogens is 1. The van der Waals surface area contributed by atoms with Crippen LogP contribution in [0.25, 0.3) is 11.3 Å². The largest absolute Gasteiger partial charge is 0.493 e. The van der Waals surface area contributed by atoms with Gasteiger partial charge in [0.25, 0.3) is 11.6 Å². The van der Waals surface area contributed by atoms with Crippen molar-refractivity contribution in [1.29, 1.82) is 0 Å². The summed E-state index contributed by atoms with van der Waals surface area (Å²) in [6, 6.07) is 24.5. The monoisotopic (exact) mass is 627 g/mol. The molecule has 0 fully saturated rings. The summed E-state index contributed by atoms with van der Waals surface area (Å²) in [7, 11) is 1.48. The van der Waals surface area contributed by atoms with E-state index in [-0.39, 0.29) is 23.2 Å². The predicted molar refractivity (Wildman–Crippen MR) is 173 cm³/mol. The number of carbonyl (C=O) groups is 1. The Hall–Kier alpha value is -5.26. The number of hydrogen-bond donors (Lipinski definition) is 2. The minimum absolute atomic E-state index is 0.00574. The highest BCUT2D eigenvalue weighted by molar-refractivity contribution is 7.14. The number of nitro benzene ring substituents is 1. The van der Waals surface area contributed by atoms with E-state index in [9.17, 15) is 14.9 Å². The van der Waals surface area contributed by atoms with Gasteiger partial charge in [0.2, 0.25) is 0 Å². The molecule has 1 heterocycles. The quantitative estimate of drug-likeness (QED) is 0.0869. The van der Waals surface area contributed by atoms with Crippen LogP contribution in [0.3, 0.4) is 0 Å². The minimum Gasteiger partial charge on any atom is -0.493 e. The molecule has 0 spiro atoms. The van der Waals surface area contributed by atoms with Crippen LogP contribution in [0.5, 0.6) is 11.5 Å². The molecule has 222 valence electrons. The topological polar surface area (TPSA) is 128 Å². The third-order valence-electron chi connectivity index (χ3n) is 6.41. The van der Waals surface area contributed by atoms with Crippen molar-refractivity contribution in [2.75, 3.05) is 12.4 Å². The average Bonchev–Trinajstić information content (AvgIpc) is 3.50. The fourth-order valence-corrected chi connectivity index (χ4v) is 5.08. The predicted octanol–water partition coefficient (Wildman–Crippen LogP) is 7.78. The minimum atomic E-state index is -0.465. The molecular formula is C32H26ClN5O5S. The van der Waals surface area contributed by atoms with E-state index >= 15 is 0 Å². The van der Waals surface area contributed by atoms with Crippen LogP contribution >= 0.6 is 22.9 Å². The number of amides is 1. The summed E-state index contributed by atoms with van der Waals surface area (Å²) in [5, 5.41) is 21.2. The zero-order valence-electron chi connectivity index (χ0n) is 23.6. The molecule has 4 aromatic carbocycles. The third kappa shape index (κ3) is 7.57. The molecule has 0 bridgehead atoms. The third-order valence-corrected chi connectivity index (χ3v) is 7.45. The molecule has 0 radical (unpaired) electrons. The highest BCUT2D eigenvalue weighted by Gasteiger charge is 2.13. The maximum absolute atomic E-state index is 12.7. The van der Waals surface area contributed by atoms with Gasteiger partial charge in [-0.15, -0.1) is 11.3 Å². The standard InChI is InChI=1S/C32H26ClN5O5S/c1-20-3-11-25(12-4-20)35-32-36-28(19-44-32)23-7-9-24(10-8-23)31(39)37-34-17-22-15-27(33)30(29(16-22)42-2)43-18-21-5-13-26(14-6-21)38(40)41/h3-17,19H,18H2,1-2H3,(H,35,36)(H,37,39)/b34-17-. The smallest absolute Gasteiger partial charge is 0.271 e. The lowest BCUT2D eigenvalue weighted by Crippen LogP contribution is -2.17. The maximum atomic E-state index is 12.7. The van der Waals surface area contributed by atoms with Crippen LogP contribution in [0.15, 0.2) is 95.4 Å². The van der Waals surface area contributed by atoms with Gasteiger partial charge in [0, 0.05) is 34.3 Å². The Bertz CT molecular complexity index is 1810. The maximum Gasteiger partial charge on any atom is 0.271 e. The van der Waals surface area contributed by atoms with E-state index in [1.54, 1.807) is 36.4 Å². The molecule has 1 amide bonds. The van der Waals surface area contributed by atoms with E-state index in [0.29, 0.717) is 22.6 Å². The highest BCUT2D eigenvalue weighted by atomic mass is 35.5. The Balaban J connectivity index is 1.17. The molecule has 0 saturated carbocycles. The summed E-state index contributed by atoms with van der Waals surface area (Å²) in [6.07, 6.45) is 1.44. The van der Waals surface area contributed by atoms with Gasteiger partial charge in [0.05, 0.1) is 29.0 Å². The van der Waals surface area contributed by atoms with Gasteiger partial charge < -0.3 is 14.8 Å². The molecule has 2 N–H and O–H groups in total. The Morgan fingerprint density at radius 2 is 1.80 bits per heavy atom. The fraction of sp³-hybridized carbons (Fsp3) is 0.0938. The molecule has 0 aliphatic rings. The summed E-state index contributed by atoms with van der Waals surface area (Å²) in [5.74, 6) is 0.294. The summed E-state index contributed by atoms with van der Waals surface area (Å²) in [4.78, 5) is 27.7. The average molecular weight is 628 g/mol. The Labute approximate surface area is 262 Å². The molecule has 5 aromatic rings. The fourth-order valence-electron chi connectivity index (χ4n) is 4.07. The molecule has 0 aliphatic heterocycles. The number of anilines is 2. The van der Waals surface area contributed by atoms with Gasteiger partial charge in [0.15, 0.2) is 16.6 Å². The van der Waals surface area contributed by atoms with Gasteiger partial charge in [-0.2, -0.15) is 5.10 Å². The van der Waals surface area contributed by atoms with E-state index in [4.69, 9.17) is 21.1 Å². The Morgan fingerprint density at radius 3 is 2.48 bits per heavy atom. The first-order valence-electron chi connectivity index (χ1n) is 13.3. The van der Waals surface area contributed by atoms with Crippen molar-refractivity contribution >= 4 is 51.6 Å². The molecular weight excluding hydrogens is 602 g/mol. The van der Waals surface area contributed by atoms with E-state index in [2.05, 4.69) is 20.8 Å². The number of carbonyl (C=O) groups excluding carboxylic acids is 1. The lowest BCUT2D eigenvalue weighted by Gasteiger charge is -2.13. The van der Waals surface area contributed by atoms with Crippen molar-refractivity contribution in [3.05, 3.63) is 128 Å². The number of hydrazone groups is 1. The lowest BCUT2D eigenvalue weighted by atomic mass is 10.1. The zero-order chi connectivity index (χ0) is 31.1. The number of ether oxygens (including phenoxy) is 2. The molecule has 10 nitrogen and oxygen atoms in total. The molecule has 0 unspecified atom stereocenters. The molecule has 5 rings (SSSR count). The van der Waals surface area contributed by atoms with Crippen molar-refractivity contribution in [3.8, 4) is 22.8 Å². The molecule has 0 saturated heterocycles. The lowest BCUT2D eigenvalue weighted by molar-refractivity contribution is -0.384. The van der Waals surface area contributed by atoms with Crippen LogP contribution in [-0.2, 0) is 6.61 Å². The molecule has 0 aliphatic carbocycles. The first-order valence-corrected chi connectivity index (χ1v) is 14.5.